The van der Waals surface area contributed by atoms with Gasteiger partial charge in [0.1, 0.15) is 18.2 Å². The third-order valence-electron chi connectivity index (χ3n) is 5.72. The summed E-state index contributed by atoms with van der Waals surface area (Å²) >= 11 is 0. The maximum atomic E-state index is 13.6. The number of para-hydroxylation sites is 1. The molecule has 0 saturated heterocycles. The predicted molar refractivity (Wildman–Crippen MR) is 118 cm³/mol. The number of benzene rings is 2. The van der Waals surface area contributed by atoms with Crippen LogP contribution in [0.4, 0.5) is 0 Å². The maximum absolute atomic E-state index is 13.6. The molecule has 0 N–H and O–H groups in total. The molecular weight excluding hydrogens is 374 g/mol. The van der Waals surface area contributed by atoms with Gasteiger partial charge in [-0.2, -0.15) is 5.10 Å². The molecule has 30 heavy (non-hydrogen) atoms. The minimum atomic E-state index is -0.822. The molecular formula is C24H27N5O. The first kappa shape index (κ1) is 19.9. The van der Waals surface area contributed by atoms with Crippen LogP contribution < -0.4 is 0 Å². The van der Waals surface area contributed by atoms with Crippen LogP contribution in [-0.4, -0.2) is 36.7 Å². The normalized spacial score (nSPS) is 11.7. The fourth-order valence-corrected chi connectivity index (χ4v) is 3.84. The Morgan fingerprint density at radius 1 is 1.07 bits per heavy atom. The van der Waals surface area contributed by atoms with E-state index in [4.69, 9.17) is 0 Å². The van der Waals surface area contributed by atoms with Crippen molar-refractivity contribution in [2.75, 3.05) is 6.54 Å². The van der Waals surface area contributed by atoms with Gasteiger partial charge in [-0.15, -0.1) is 0 Å². The van der Waals surface area contributed by atoms with Gasteiger partial charge in [-0.25, -0.2) is 9.67 Å². The summed E-state index contributed by atoms with van der Waals surface area (Å²) in [5.41, 5.74) is 2.66. The number of hydrogen-bond donors (Lipinski definition) is 0. The van der Waals surface area contributed by atoms with Crippen LogP contribution in [0, 0.1) is 0 Å². The number of nitrogens with zero attached hydrogens (tertiary/aromatic N) is 5. The molecule has 0 bridgehead atoms. The SMILES string of the molecule is Cn1c(CN(CCc2ccccc2)C(=O)C(C)(C)n2cncn2)cc2ccccc21. The van der Waals surface area contributed by atoms with Gasteiger partial charge in [-0.05, 0) is 43.4 Å². The highest BCUT2D eigenvalue weighted by atomic mass is 16.2. The van der Waals surface area contributed by atoms with Crippen molar-refractivity contribution in [1.29, 1.82) is 0 Å². The zero-order chi connectivity index (χ0) is 21.1. The van der Waals surface area contributed by atoms with Gasteiger partial charge in [-0.3, -0.25) is 4.79 Å². The molecule has 2 aromatic heterocycles. The summed E-state index contributed by atoms with van der Waals surface area (Å²) in [6, 6.07) is 20.7. The van der Waals surface area contributed by atoms with Crippen molar-refractivity contribution in [3.8, 4) is 0 Å². The molecule has 0 atom stereocenters. The predicted octanol–water partition coefficient (Wildman–Crippen LogP) is 3.78. The Labute approximate surface area is 176 Å². The third-order valence-corrected chi connectivity index (χ3v) is 5.72. The Balaban J connectivity index is 1.64. The van der Waals surface area contributed by atoms with Crippen LogP contribution in [0.25, 0.3) is 10.9 Å². The minimum Gasteiger partial charge on any atom is -0.346 e. The molecule has 0 aliphatic carbocycles. The number of rotatable bonds is 7. The molecule has 0 radical (unpaired) electrons. The first-order chi connectivity index (χ1) is 14.5. The van der Waals surface area contributed by atoms with Crippen LogP contribution in [0.5, 0.6) is 0 Å². The van der Waals surface area contributed by atoms with Crippen molar-refractivity contribution in [3.63, 3.8) is 0 Å². The average Bonchev–Trinajstić information content (AvgIpc) is 3.41. The highest BCUT2D eigenvalue weighted by Gasteiger charge is 2.35. The Bertz CT molecular complexity index is 1130. The number of fused-ring (bicyclic) bond motifs is 1. The first-order valence-corrected chi connectivity index (χ1v) is 10.2. The fourth-order valence-electron chi connectivity index (χ4n) is 3.84. The second-order valence-corrected chi connectivity index (χ2v) is 8.11. The van der Waals surface area contributed by atoms with Crippen LogP contribution in [0.15, 0.2) is 73.3 Å². The van der Waals surface area contributed by atoms with E-state index < -0.39 is 5.54 Å². The lowest BCUT2D eigenvalue weighted by Gasteiger charge is -2.32. The number of aryl methyl sites for hydroxylation is 1. The highest BCUT2D eigenvalue weighted by molar-refractivity contribution is 5.84. The van der Waals surface area contributed by atoms with E-state index in [-0.39, 0.29) is 5.91 Å². The summed E-state index contributed by atoms with van der Waals surface area (Å²) in [5.74, 6) is 0.0224. The summed E-state index contributed by atoms with van der Waals surface area (Å²) in [4.78, 5) is 19.6. The summed E-state index contributed by atoms with van der Waals surface area (Å²) in [7, 11) is 2.06. The molecule has 0 aliphatic heterocycles. The Morgan fingerprint density at radius 2 is 1.80 bits per heavy atom. The second kappa shape index (κ2) is 8.14. The van der Waals surface area contributed by atoms with E-state index in [1.54, 1.807) is 11.0 Å². The fraction of sp³-hybridized carbons (Fsp3) is 0.292. The number of carbonyl (C=O) groups is 1. The standard InChI is InChI=1S/C24H27N5O/c1-24(2,29-18-25-17-26-29)23(30)28(14-13-19-9-5-4-6-10-19)16-21-15-20-11-7-8-12-22(20)27(21)3/h4-12,15,17-18H,13-14,16H2,1-3H3. The molecule has 1 amide bonds. The molecule has 4 aromatic rings. The molecule has 0 unspecified atom stereocenters. The zero-order valence-corrected chi connectivity index (χ0v) is 17.7. The van der Waals surface area contributed by atoms with Crippen molar-refractivity contribution < 1.29 is 4.79 Å². The van der Waals surface area contributed by atoms with Crippen molar-refractivity contribution in [2.24, 2.45) is 7.05 Å². The molecule has 0 fully saturated rings. The molecule has 2 aromatic carbocycles. The molecule has 2 heterocycles. The highest BCUT2D eigenvalue weighted by Crippen LogP contribution is 2.23. The van der Waals surface area contributed by atoms with E-state index in [2.05, 4.69) is 52.0 Å². The van der Waals surface area contributed by atoms with Crippen LogP contribution >= 0.6 is 0 Å². The number of amides is 1. The van der Waals surface area contributed by atoms with Gasteiger partial charge in [0.05, 0.1) is 6.54 Å². The maximum Gasteiger partial charge on any atom is 0.250 e. The molecule has 4 rings (SSSR count). The summed E-state index contributed by atoms with van der Waals surface area (Å²) < 4.78 is 3.80. The summed E-state index contributed by atoms with van der Waals surface area (Å²) in [6.07, 6.45) is 3.86. The second-order valence-electron chi connectivity index (χ2n) is 8.11. The Morgan fingerprint density at radius 3 is 2.50 bits per heavy atom. The van der Waals surface area contributed by atoms with E-state index in [1.165, 1.54) is 22.8 Å². The van der Waals surface area contributed by atoms with E-state index in [0.717, 1.165) is 12.1 Å². The smallest absolute Gasteiger partial charge is 0.250 e. The van der Waals surface area contributed by atoms with Crippen molar-refractivity contribution in [1.82, 2.24) is 24.2 Å². The van der Waals surface area contributed by atoms with Crippen molar-refractivity contribution in [2.45, 2.75) is 32.4 Å². The van der Waals surface area contributed by atoms with Crippen molar-refractivity contribution in [3.05, 3.63) is 84.6 Å². The van der Waals surface area contributed by atoms with Gasteiger partial charge in [-0.1, -0.05) is 48.5 Å². The topological polar surface area (TPSA) is 56.0 Å². The molecule has 6 heteroatoms. The van der Waals surface area contributed by atoms with Crippen LogP contribution in [0.3, 0.4) is 0 Å². The van der Waals surface area contributed by atoms with Crippen LogP contribution in [0.2, 0.25) is 0 Å². The molecule has 0 spiro atoms. The van der Waals surface area contributed by atoms with Crippen molar-refractivity contribution >= 4 is 16.8 Å². The van der Waals surface area contributed by atoms with Crippen LogP contribution in [-0.2, 0) is 30.3 Å². The van der Waals surface area contributed by atoms with Crippen LogP contribution in [0.1, 0.15) is 25.1 Å². The zero-order valence-electron chi connectivity index (χ0n) is 17.7. The van der Waals surface area contributed by atoms with E-state index in [9.17, 15) is 4.79 Å². The lowest BCUT2D eigenvalue weighted by molar-refractivity contribution is -0.140. The Hall–Kier alpha value is -3.41. The minimum absolute atomic E-state index is 0.0224. The van der Waals surface area contributed by atoms with E-state index in [1.807, 2.05) is 49.1 Å². The van der Waals surface area contributed by atoms with E-state index >= 15 is 0 Å². The summed E-state index contributed by atoms with van der Waals surface area (Å²) in [6.45, 7) is 4.94. The average molecular weight is 402 g/mol. The lowest BCUT2D eigenvalue weighted by atomic mass is 10.0. The monoisotopic (exact) mass is 401 g/mol. The van der Waals surface area contributed by atoms with Gasteiger partial charge < -0.3 is 9.47 Å². The molecule has 154 valence electrons. The van der Waals surface area contributed by atoms with Gasteiger partial charge >= 0.3 is 0 Å². The molecule has 6 nitrogen and oxygen atoms in total. The number of carbonyl (C=O) groups excluding carboxylic acids is 1. The quantitative estimate of drug-likeness (QED) is 0.474. The van der Waals surface area contributed by atoms with Gasteiger partial charge in [0.15, 0.2) is 0 Å². The van der Waals surface area contributed by atoms with Gasteiger partial charge in [0.2, 0.25) is 5.91 Å². The van der Waals surface area contributed by atoms with E-state index in [0.29, 0.717) is 13.1 Å². The molecule has 0 saturated carbocycles. The summed E-state index contributed by atoms with van der Waals surface area (Å²) in [5, 5.41) is 5.40. The first-order valence-electron chi connectivity index (χ1n) is 10.2. The van der Waals surface area contributed by atoms with Gasteiger partial charge in [0, 0.05) is 24.8 Å². The number of aromatic nitrogens is 4. The molecule has 0 aliphatic rings. The van der Waals surface area contributed by atoms with Gasteiger partial charge in [0.25, 0.3) is 0 Å². The largest absolute Gasteiger partial charge is 0.346 e. The number of hydrogen-bond acceptors (Lipinski definition) is 3. The lowest BCUT2D eigenvalue weighted by Crippen LogP contribution is -2.47. The third kappa shape index (κ3) is 3.85. The Kier molecular flexibility index (Phi) is 5.40.